The molecule has 0 saturated heterocycles. The number of anilines is 1. The Balaban J connectivity index is 1.65. The Morgan fingerprint density at radius 1 is 1.17 bits per heavy atom. The largest absolute Gasteiger partial charge is 0.451 e. The molecule has 0 aromatic heterocycles. The summed E-state index contributed by atoms with van der Waals surface area (Å²) < 4.78 is 5.02. The van der Waals surface area contributed by atoms with Crippen LogP contribution in [-0.2, 0) is 14.3 Å². The lowest BCUT2D eigenvalue weighted by atomic mass is 10.1. The van der Waals surface area contributed by atoms with Gasteiger partial charge in [0, 0.05) is 11.8 Å². The lowest BCUT2D eigenvalue weighted by Crippen LogP contribution is -2.38. The smallest absolute Gasteiger partial charge is 0.326 e. The van der Waals surface area contributed by atoms with Crippen LogP contribution in [0.25, 0.3) is 0 Å². The molecule has 1 aliphatic heterocycles. The number of nitro groups is 1. The third-order valence-electron chi connectivity index (χ3n) is 4.42. The van der Waals surface area contributed by atoms with Crippen molar-refractivity contribution in [2.45, 2.75) is 20.0 Å². The van der Waals surface area contributed by atoms with Crippen molar-refractivity contribution in [3.05, 3.63) is 69.3 Å². The van der Waals surface area contributed by atoms with E-state index in [2.05, 4.69) is 5.32 Å². The first-order chi connectivity index (χ1) is 14.2. The number of nitrogens with zero attached hydrogens (tertiary/aromatic N) is 2. The zero-order chi connectivity index (χ0) is 22.0. The molecule has 10 nitrogen and oxygen atoms in total. The van der Waals surface area contributed by atoms with Crippen LogP contribution in [0.15, 0.2) is 42.5 Å². The van der Waals surface area contributed by atoms with Crippen molar-refractivity contribution in [3.63, 3.8) is 0 Å². The molecule has 0 saturated carbocycles. The number of aryl methyl sites for hydroxylation is 1. The molecule has 2 aromatic rings. The topological polar surface area (TPSA) is 136 Å². The minimum absolute atomic E-state index is 0.160. The van der Waals surface area contributed by atoms with E-state index in [0.29, 0.717) is 10.6 Å². The minimum atomic E-state index is -1.19. The van der Waals surface area contributed by atoms with Crippen LogP contribution in [0, 0.1) is 17.0 Å². The van der Waals surface area contributed by atoms with Crippen LogP contribution in [0.2, 0.25) is 0 Å². The number of amides is 3. The highest BCUT2D eigenvalue weighted by Crippen LogP contribution is 2.30. The van der Waals surface area contributed by atoms with Gasteiger partial charge in [-0.15, -0.1) is 0 Å². The lowest BCUT2D eigenvalue weighted by Gasteiger charge is -2.16. The molecular weight excluding hydrogens is 394 g/mol. The maximum absolute atomic E-state index is 12.5. The zero-order valence-corrected chi connectivity index (χ0v) is 16.1. The number of rotatable bonds is 6. The van der Waals surface area contributed by atoms with Crippen molar-refractivity contribution < 1.29 is 28.8 Å². The molecule has 3 rings (SSSR count). The summed E-state index contributed by atoms with van der Waals surface area (Å²) in [5, 5.41) is 13.7. The number of carbonyl (C=O) groups is 4. The standard InChI is InChI=1S/C20H17N3O7/c1-11-5-3-6-13(9-11)21-18(25)12(2)30-16(24)10-22-19(26)14-7-4-8-15(23(28)29)17(14)20(22)27/h3-9,12H,10H2,1-2H3,(H,21,25)/t12-/m0/s1. The van der Waals surface area contributed by atoms with Gasteiger partial charge in [-0.25, -0.2) is 0 Å². The highest BCUT2D eigenvalue weighted by atomic mass is 16.6. The van der Waals surface area contributed by atoms with E-state index in [0.717, 1.165) is 11.6 Å². The normalized spacial score (nSPS) is 13.6. The SMILES string of the molecule is Cc1cccc(NC(=O)[C@H](C)OC(=O)CN2C(=O)c3cccc([N+](=O)[O-])c3C2=O)c1. The maximum atomic E-state index is 12.5. The fraction of sp³-hybridized carbons (Fsp3) is 0.200. The van der Waals surface area contributed by atoms with E-state index in [-0.39, 0.29) is 11.1 Å². The van der Waals surface area contributed by atoms with Gasteiger partial charge in [0.05, 0.1) is 10.5 Å². The molecule has 0 aliphatic carbocycles. The molecule has 1 atom stereocenters. The summed E-state index contributed by atoms with van der Waals surface area (Å²) in [5.41, 5.74) is 0.401. The number of benzene rings is 2. The number of hydrogen-bond acceptors (Lipinski definition) is 7. The molecular formula is C20H17N3O7. The number of imide groups is 1. The molecule has 10 heteroatoms. The Labute approximate surface area is 170 Å². The van der Waals surface area contributed by atoms with E-state index >= 15 is 0 Å². The van der Waals surface area contributed by atoms with Gasteiger partial charge in [0.1, 0.15) is 12.1 Å². The first-order valence-corrected chi connectivity index (χ1v) is 8.89. The van der Waals surface area contributed by atoms with E-state index in [1.807, 2.05) is 13.0 Å². The predicted molar refractivity (Wildman–Crippen MR) is 104 cm³/mol. The summed E-state index contributed by atoms with van der Waals surface area (Å²) in [6, 6.07) is 10.7. The average molecular weight is 411 g/mol. The van der Waals surface area contributed by atoms with Crippen LogP contribution in [0.3, 0.4) is 0 Å². The second-order valence-electron chi connectivity index (χ2n) is 6.64. The molecule has 1 aliphatic rings. The molecule has 0 spiro atoms. The highest BCUT2D eigenvalue weighted by Gasteiger charge is 2.42. The molecule has 0 fully saturated rings. The van der Waals surface area contributed by atoms with Crippen molar-refractivity contribution in [2.75, 3.05) is 11.9 Å². The molecule has 3 amide bonds. The van der Waals surface area contributed by atoms with Gasteiger partial charge in [-0.1, -0.05) is 18.2 Å². The summed E-state index contributed by atoms with van der Waals surface area (Å²) in [6.07, 6.45) is -1.19. The number of ether oxygens (including phenoxy) is 1. The van der Waals surface area contributed by atoms with Crippen molar-refractivity contribution in [2.24, 2.45) is 0 Å². The number of fused-ring (bicyclic) bond motifs is 1. The van der Waals surface area contributed by atoms with Gasteiger partial charge in [0.15, 0.2) is 6.10 Å². The maximum Gasteiger partial charge on any atom is 0.326 e. The van der Waals surface area contributed by atoms with E-state index in [1.54, 1.807) is 18.2 Å². The first-order valence-electron chi connectivity index (χ1n) is 8.89. The number of nitro benzene ring substituents is 1. The second-order valence-corrected chi connectivity index (χ2v) is 6.64. The summed E-state index contributed by atoms with van der Waals surface area (Å²) in [5.74, 6) is -3.39. The number of carbonyl (C=O) groups excluding carboxylic acids is 4. The Kier molecular flexibility index (Phi) is 5.58. The molecule has 30 heavy (non-hydrogen) atoms. The third-order valence-corrected chi connectivity index (χ3v) is 4.42. The fourth-order valence-corrected chi connectivity index (χ4v) is 3.00. The minimum Gasteiger partial charge on any atom is -0.451 e. The summed E-state index contributed by atoms with van der Waals surface area (Å²) in [7, 11) is 0. The van der Waals surface area contributed by atoms with Crippen molar-refractivity contribution in [1.29, 1.82) is 0 Å². The molecule has 154 valence electrons. The van der Waals surface area contributed by atoms with Gasteiger partial charge in [-0.3, -0.25) is 34.2 Å². The van der Waals surface area contributed by atoms with Crippen molar-refractivity contribution in [3.8, 4) is 0 Å². The fourth-order valence-electron chi connectivity index (χ4n) is 3.00. The highest BCUT2D eigenvalue weighted by molar-refractivity contribution is 6.24. The van der Waals surface area contributed by atoms with Crippen LogP contribution in [0.1, 0.15) is 33.2 Å². The molecule has 2 aromatic carbocycles. The summed E-state index contributed by atoms with van der Waals surface area (Å²) in [4.78, 5) is 60.2. The molecule has 0 bridgehead atoms. The van der Waals surface area contributed by atoms with Crippen molar-refractivity contribution >= 4 is 35.1 Å². The van der Waals surface area contributed by atoms with Gasteiger partial charge in [-0.2, -0.15) is 0 Å². The Morgan fingerprint density at radius 3 is 2.53 bits per heavy atom. The van der Waals surface area contributed by atoms with Gasteiger partial charge >= 0.3 is 5.97 Å². The quantitative estimate of drug-likeness (QED) is 0.333. The van der Waals surface area contributed by atoms with E-state index in [4.69, 9.17) is 4.74 Å². The van der Waals surface area contributed by atoms with Crippen molar-refractivity contribution in [1.82, 2.24) is 4.90 Å². The number of esters is 1. The van der Waals surface area contributed by atoms with E-state index < -0.39 is 47.0 Å². The van der Waals surface area contributed by atoms with Gasteiger partial charge < -0.3 is 10.1 Å². The van der Waals surface area contributed by atoms with E-state index in [9.17, 15) is 29.3 Å². The molecule has 1 heterocycles. The Hall–Kier alpha value is -4.08. The molecule has 0 unspecified atom stereocenters. The van der Waals surface area contributed by atoms with Gasteiger partial charge in [0.25, 0.3) is 23.4 Å². The summed E-state index contributed by atoms with van der Waals surface area (Å²) >= 11 is 0. The first kappa shape index (κ1) is 20.6. The zero-order valence-electron chi connectivity index (χ0n) is 16.1. The molecule has 1 N–H and O–H groups in total. The molecule has 0 radical (unpaired) electrons. The van der Waals surface area contributed by atoms with Crippen LogP contribution in [-0.4, -0.2) is 46.2 Å². The Morgan fingerprint density at radius 2 is 1.87 bits per heavy atom. The summed E-state index contributed by atoms with van der Waals surface area (Å²) in [6.45, 7) is 2.42. The number of nitrogens with one attached hydrogen (secondary N) is 1. The van der Waals surface area contributed by atoms with Crippen LogP contribution in [0.4, 0.5) is 11.4 Å². The monoisotopic (exact) mass is 411 g/mol. The van der Waals surface area contributed by atoms with E-state index in [1.165, 1.54) is 19.1 Å². The van der Waals surface area contributed by atoms with Gasteiger partial charge in [0.2, 0.25) is 0 Å². The van der Waals surface area contributed by atoms with Crippen LogP contribution < -0.4 is 5.32 Å². The number of hydrogen-bond donors (Lipinski definition) is 1. The lowest BCUT2D eigenvalue weighted by molar-refractivity contribution is -0.385. The third kappa shape index (κ3) is 4.02. The second kappa shape index (κ2) is 8.11. The van der Waals surface area contributed by atoms with Gasteiger partial charge in [-0.05, 0) is 37.6 Å². The predicted octanol–water partition coefficient (Wildman–Crippen LogP) is 2.07. The average Bonchev–Trinajstić information content (AvgIpc) is 2.92. The Bertz CT molecular complexity index is 1080. The van der Waals surface area contributed by atoms with Crippen LogP contribution in [0.5, 0.6) is 0 Å². The van der Waals surface area contributed by atoms with Crippen LogP contribution >= 0.6 is 0 Å².